The zero-order chi connectivity index (χ0) is 14.4. The van der Waals surface area contributed by atoms with Crippen LogP contribution in [0.4, 0.5) is 0 Å². The van der Waals surface area contributed by atoms with Gasteiger partial charge in [-0.3, -0.25) is 15.6 Å². The molecule has 2 aromatic carbocycles. The van der Waals surface area contributed by atoms with Gasteiger partial charge in [0.1, 0.15) is 0 Å². The standard InChI is InChI=1S/C15H17N3OS/c1-2-16-15(20)18-17-14(19)10-12-8-5-7-11-6-3-4-9-13(11)12/h3-9H,2,10H2,1H3,(H,17,19)(H2,16,18,20). The molecule has 0 aliphatic carbocycles. The second-order valence-corrected chi connectivity index (χ2v) is 4.76. The average Bonchev–Trinajstić information content (AvgIpc) is 2.46. The first-order valence-electron chi connectivity index (χ1n) is 6.50. The summed E-state index contributed by atoms with van der Waals surface area (Å²) in [4.78, 5) is 11.9. The van der Waals surface area contributed by atoms with E-state index in [1.807, 2.05) is 49.4 Å². The van der Waals surface area contributed by atoms with Crippen LogP contribution in [-0.4, -0.2) is 17.6 Å². The molecular formula is C15H17N3OS. The predicted molar refractivity (Wildman–Crippen MR) is 85.2 cm³/mol. The van der Waals surface area contributed by atoms with E-state index >= 15 is 0 Å². The molecule has 3 N–H and O–H groups in total. The molecular weight excluding hydrogens is 270 g/mol. The summed E-state index contributed by atoms with van der Waals surface area (Å²) >= 11 is 4.98. The summed E-state index contributed by atoms with van der Waals surface area (Å²) in [6, 6.07) is 14.0. The van der Waals surface area contributed by atoms with Crippen LogP contribution in [-0.2, 0) is 11.2 Å². The Morgan fingerprint density at radius 3 is 2.65 bits per heavy atom. The summed E-state index contributed by atoms with van der Waals surface area (Å²) in [7, 11) is 0. The van der Waals surface area contributed by atoms with Crippen molar-refractivity contribution in [3.63, 3.8) is 0 Å². The molecule has 0 heterocycles. The minimum atomic E-state index is -0.124. The summed E-state index contributed by atoms with van der Waals surface area (Å²) < 4.78 is 0. The Bertz CT molecular complexity index is 622. The molecule has 0 aliphatic rings. The third kappa shape index (κ3) is 3.68. The normalized spacial score (nSPS) is 10.1. The van der Waals surface area contributed by atoms with Crippen molar-refractivity contribution in [2.24, 2.45) is 0 Å². The molecule has 2 rings (SSSR count). The molecule has 5 heteroatoms. The minimum absolute atomic E-state index is 0.124. The van der Waals surface area contributed by atoms with Gasteiger partial charge < -0.3 is 5.32 Å². The van der Waals surface area contributed by atoms with Crippen LogP contribution in [0.3, 0.4) is 0 Å². The van der Waals surface area contributed by atoms with Gasteiger partial charge in [0, 0.05) is 6.54 Å². The van der Waals surface area contributed by atoms with Crippen molar-refractivity contribution in [3.8, 4) is 0 Å². The molecule has 0 saturated carbocycles. The van der Waals surface area contributed by atoms with Gasteiger partial charge in [-0.25, -0.2) is 0 Å². The molecule has 0 spiro atoms. The van der Waals surface area contributed by atoms with Gasteiger partial charge in [0.25, 0.3) is 0 Å². The SMILES string of the molecule is CCNC(=S)NNC(=O)Cc1cccc2ccccc12. The van der Waals surface area contributed by atoms with E-state index in [0.29, 0.717) is 18.1 Å². The summed E-state index contributed by atoms with van der Waals surface area (Å²) in [5.41, 5.74) is 6.26. The monoisotopic (exact) mass is 287 g/mol. The van der Waals surface area contributed by atoms with Crippen LogP contribution in [0.1, 0.15) is 12.5 Å². The van der Waals surface area contributed by atoms with E-state index in [4.69, 9.17) is 12.2 Å². The van der Waals surface area contributed by atoms with Gasteiger partial charge in [0.15, 0.2) is 5.11 Å². The highest BCUT2D eigenvalue weighted by Crippen LogP contribution is 2.18. The van der Waals surface area contributed by atoms with Crippen LogP contribution >= 0.6 is 12.2 Å². The number of rotatable bonds is 3. The van der Waals surface area contributed by atoms with Gasteiger partial charge in [0.05, 0.1) is 6.42 Å². The molecule has 0 unspecified atom stereocenters. The van der Waals surface area contributed by atoms with E-state index in [2.05, 4.69) is 16.2 Å². The number of nitrogens with one attached hydrogen (secondary N) is 3. The molecule has 0 saturated heterocycles. The Morgan fingerprint density at radius 2 is 1.85 bits per heavy atom. The lowest BCUT2D eigenvalue weighted by Gasteiger charge is -2.11. The van der Waals surface area contributed by atoms with Gasteiger partial charge >= 0.3 is 0 Å². The lowest BCUT2D eigenvalue weighted by atomic mass is 10.0. The molecule has 0 fully saturated rings. The van der Waals surface area contributed by atoms with Crippen LogP contribution in [0.2, 0.25) is 0 Å². The maximum atomic E-state index is 11.9. The van der Waals surface area contributed by atoms with Gasteiger partial charge in [-0.15, -0.1) is 0 Å². The van der Waals surface area contributed by atoms with E-state index in [9.17, 15) is 4.79 Å². The third-order valence-electron chi connectivity index (χ3n) is 2.88. The fourth-order valence-corrected chi connectivity index (χ4v) is 2.19. The molecule has 20 heavy (non-hydrogen) atoms. The number of carbonyl (C=O) groups is 1. The van der Waals surface area contributed by atoms with E-state index in [0.717, 1.165) is 16.3 Å². The Morgan fingerprint density at radius 1 is 1.10 bits per heavy atom. The van der Waals surface area contributed by atoms with Gasteiger partial charge in [0.2, 0.25) is 5.91 Å². The topological polar surface area (TPSA) is 53.2 Å². The highest BCUT2D eigenvalue weighted by Gasteiger charge is 2.06. The third-order valence-corrected chi connectivity index (χ3v) is 3.13. The summed E-state index contributed by atoms with van der Waals surface area (Å²) in [6.45, 7) is 2.65. The number of hydrogen-bond donors (Lipinski definition) is 3. The number of fused-ring (bicyclic) bond motifs is 1. The Balaban J connectivity index is 2.01. The quantitative estimate of drug-likeness (QED) is 0.596. The maximum Gasteiger partial charge on any atom is 0.242 e. The van der Waals surface area contributed by atoms with Crippen molar-refractivity contribution in [2.75, 3.05) is 6.54 Å². The van der Waals surface area contributed by atoms with E-state index < -0.39 is 0 Å². The molecule has 104 valence electrons. The summed E-state index contributed by atoms with van der Waals surface area (Å²) in [5, 5.41) is 5.55. The number of hydrazine groups is 1. The molecule has 1 amide bonds. The second-order valence-electron chi connectivity index (χ2n) is 4.35. The van der Waals surface area contributed by atoms with Crippen LogP contribution in [0, 0.1) is 0 Å². The minimum Gasteiger partial charge on any atom is -0.362 e. The Kier molecular flexibility index (Phi) is 4.90. The largest absolute Gasteiger partial charge is 0.362 e. The number of carbonyl (C=O) groups excluding carboxylic acids is 1. The number of benzene rings is 2. The smallest absolute Gasteiger partial charge is 0.242 e. The Labute approximate surface area is 123 Å². The molecule has 0 aromatic heterocycles. The Hall–Kier alpha value is -2.14. The number of hydrogen-bond acceptors (Lipinski definition) is 2. The zero-order valence-electron chi connectivity index (χ0n) is 11.3. The van der Waals surface area contributed by atoms with Crippen molar-refractivity contribution in [2.45, 2.75) is 13.3 Å². The van der Waals surface area contributed by atoms with Gasteiger partial charge in [-0.1, -0.05) is 42.5 Å². The number of thiocarbonyl (C=S) groups is 1. The van der Waals surface area contributed by atoms with Crippen molar-refractivity contribution in [1.82, 2.24) is 16.2 Å². The molecule has 0 radical (unpaired) electrons. The fraction of sp³-hybridized carbons (Fsp3) is 0.200. The van der Waals surface area contributed by atoms with Crippen molar-refractivity contribution in [1.29, 1.82) is 0 Å². The highest BCUT2D eigenvalue weighted by molar-refractivity contribution is 7.80. The van der Waals surface area contributed by atoms with Crippen molar-refractivity contribution in [3.05, 3.63) is 48.0 Å². The maximum absolute atomic E-state index is 11.9. The molecule has 0 bridgehead atoms. The molecule has 4 nitrogen and oxygen atoms in total. The first-order chi connectivity index (χ1) is 9.70. The average molecular weight is 287 g/mol. The van der Waals surface area contributed by atoms with Crippen LogP contribution in [0.15, 0.2) is 42.5 Å². The second kappa shape index (κ2) is 6.86. The van der Waals surface area contributed by atoms with Gasteiger partial charge in [-0.2, -0.15) is 0 Å². The van der Waals surface area contributed by atoms with Crippen LogP contribution in [0.5, 0.6) is 0 Å². The highest BCUT2D eigenvalue weighted by atomic mass is 32.1. The van der Waals surface area contributed by atoms with E-state index in [1.165, 1.54) is 0 Å². The van der Waals surface area contributed by atoms with E-state index in [1.54, 1.807) is 0 Å². The van der Waals surface area contributed by atoms with E-state index in [-0.39, 0.29) is 5.91 Å². The molecule has 0 atom stereocenters. The van der Waals surface area contributed by atoms with Crippen LogP contribution in [0.25, 0.3) is 10.8 Å². The lowest BCUT2D eigenvalue weighted by molar-refractivity contribution is -0.120. The predicted octanol–water partition coefficient (Wildman–Crippen LogP) is 1.90. The summed E-state index contributed by atoms with van der Waals surface area (Å²) in [5.74, 6) is -0.124. The summed E-state index contributed by atoms with van der Waals surface area (Å²) in [6.07, 6.45) is 0.309. The lowest BCUT2D eigenvalue weighted by Crippen LogP contribution is -2.47. The van der Waals surface area contributed by atoms with Crippen LogP contribution < -0.4 is 16.2 Å². The fourth-order valence-electron chi connectivity index (χ4n) is 2.00. The van der Waals surface area contributed by atoms with Crippen molar-refractivity contribution >= 4 is 34.0 Å². The number of amides is 1. The molecule has 2 aromatic rings. The first-order valence-corrected chi connectivity index (χ1v) is 6.91. The first kappa shape index (κ1) is 14.3. The zero-order valence-corrected chi connectivity index (χ0v) is 12.1. The van der Waals surface area contributed by atoms with Gasteiger partial charge in [-0.05, 0) is 35.5 Å². The van der Waals surface area contributed by atoms with Crippen molar-refractivity contribution < 1.29 is 4.79 Å². The molecule has 0 aliphatic heterocycles.